The number of rotatable bonds is 10. The Bertz CT molecular complexity index is 539. The zero-order valence-electron chi connectivity index (χ0n) is 15.8. The molecule has 1 aliphatic rings. The summed E-state index contributed by atoms with van der Waals surface area (Å²) in [5, 5.41) is 6.93. The summed E-state index contributed by atoms with van der Waals surface area (Å²) in [5.74, 6) is 0.882. The highest BCUT2D eigenvalue weighted by Gasteiger charge is 2.23. The molecule has 0 bridgehead atoms. The minimum atomic E-state index is 0.419. The summed E-state index contributed by atoms with van der Waals surface area (Å²) in [5.41, 5.74) is 1.27. The fourth-order valence-corrected chi connectivity index (χ4v) is 3.20. The smallest absolute Gasteiger partial charge is 0.191 e. The first kappa shape index (κ1) is 21.0. The molecule has 2 rings (SSSR count). The van der Waals surface area contributed by atoms with Gasteiger partial charge in [-0.3, -0.25) is 4.99 Å². The SMILES string of the molecule is CN=C(NCCCCOCCOC)NC1CCN(c2ccc(Br)cc2)C1. The van der Waals surface area contributed by atoms with Gasteiger partial charge in [0.2, 0.25) is 0 Å². The predicted molar refractivity (Wildman–Crippen MR) is 111 cm³/mol. The normalized spacial score (nSPS) is 17.6. The lowest BCUT2D eigenvalue weighted by atomic mass is 10.2. The average molecular weight is 427 g/mol. The van der Waals surface area contributed by atoms with Gasteiger partial charge in [0, 0.05) is 56.6 Å². The van der Waals surface area contributed by atoms with Crippen molar-refractivity contribution in [3.05, 3.63) is 28.7 Å². The van der Waals surface area contributed by atoms with Crippen molar-refractivity contribution in [3.63, 3.8) is 0 Å². The standard InChI is InChI=1S/C19H31BrN4O2/c1-21-19(22-10-3-4-12-26-14-13-25-2)23-17-9-11-24(15-17)18-7-5-16(20)6-8-18/h5-8,17H,3-4,9-15H2,1-2H3,(H2,21,22,23). The van der Waals surface area contributed by atoms with Crippen LogP contribution in [0.2, 0.25) is 0 Å². The van der Waals surface area contributed by atoms with Crippen LogP contribution >= 0.6 is 15.9 Å². The topological polar surface area (TPSA) is 58.1 Å². The second-order valence-electron chi connectivity index (χ2n) is 6.36. The number of benzene rings is 1. The summed E-state index contributed by atoms with van der Waals surface area (Å²) in [7, 11) is 3.51. The third-order valence-electron chi connectivity index (χ3n) is 4.38. The van der Waals surface area contributed by atoms with Gasteiger partial charge in [-0.25, -0.2) is 0 Å². The van der Waals surface area contributed by atoms with E-state index < -0.39 is 0 Å². The molecule has 1 fully saturated rings. The Hall–Kier alpha value is -1.31. The van der Waals surface area contributed by atoms with Gasteiger partial charge in [0.05, 0.1) is 13.2 Å². The van der Waals surface area contributed by atoms with Crippen molar-refractivity contribution in [1.82, 2.24) is 10.6 Å². The third kappa shape index (κ3) is 7.51. The van der Waals surface area contributed by atoms with Gasteiger partial charge in [-0.1, -0.05) is 15.9 Å². The number of nitrogens with one attached hydrogen (secondary N) is 2. The Balaban J connectivity index is 1.62. The second kappa shape index (κ2) is 12.1. The van der Waals surface area contributed by atoms with Crippen molar-refractivity contribution in [1.29, 1.82) is 0 Å². The van der Waals surface area contributed by atoms with Gasteiger partial charge in [-0.05, 0) is 43.5 Å². The number of aliphatic imine (C=N–C) groups is 1. The van der Waals surface area contributed by atoms with Gasteiger partial charge in [-0.2, -0.15) is 0 Å². The number of anilines is 1. The monoisotopic (exact) mass is 426 g/mol. The largest absolute Gasteiger partial charge is 0.382 e. The van der Waals surface area contributed by atoms with Crippen LogP contribution in [0, 0.1) is 0 Å². The molecule has 0 aromatic heterocycles. The van der Waals surface area contributed by atoms with Crippen LogP contribution in [0.25, 0.3) is 0 Å². The molecular weight excluding hydrogens is 396 g/mol. The quantitative estimate of drug-likeness (QED) is 0.342. The first-order valence-electron chi connectivity index (χ1n) is 9.27. The highest BCUT2D eigenvalue weighted by molar-refractivity contribution is 9.10. The van der Waals surface area contributed by atoms with Crippen LogP contribution in [0.5, 0.6) is 0 Å². The number of nitrogens with zero attached hydrogens (tertiary/aromatic N) is 2. The number of hydrogen-bond donors (Lipinski definition) is 2. The summed E-state index contributed by atoms with van der Waals surface area (Å²) in [6, 6.07) is 8.93. The van der Waals surface area contributed by atoms with E-state index in [0.29, 0.717) is 19.3 Å². The van der Waals surface area contributed by atoms with Crippen LogP contribution in [-0.4, -0.2) is 65.6 Å². The van der Waals surface area contributed by atoms with Crippen LogP contribution in [0.4, 0.5) is 5.69 Å². The molecule has 2 N–H and O–H groups in total. The van der Waals surface area contributed by atoms with E-state index in [1.54, 1.807) is 7.11 Å². The molecule has 1 aromatic carbocycles. The molecule has 1 aliphatic heterocycles. The molecule has 0 spiro atoms. The molecule has 7 heteroatoms. The number of unbranched alkanes of at least 4 members (excludes halogenated alkanes) is 1. The molecule has 1 heterocycles. The van der Waals surface area contributed by atoms with Crippen molar-refractivity contribution in [2.75, 3.05) is 58.5 Å². The summed E-state index contributed by atoms with van der Waals surface area (Å²) in [6.45, 7) is 5.07. The van der Waals surface area contributed by atoms with E-state index in [2.05, 4.69) is 60.7 Å². The summed E-state index contributed by atoms with van der Waals surface area (Å²) in [6.07, 6.45) is 3.21. The highest BCUT2D eigenvalue weighted by Crippen LogP contribution is 2.22. The second-order valence-corrected chi connectivity index (χ2v) is 7.28. The van der Waals surface area contributed by atoms with Crippen molar-refractivity contribution in [2.24, 2.45) is 4.99 Å². The Kier molecular flexibility index (Phi) is 9.81. The zero-order valence-corrected chi connectivity index (χ0v) is 17.4. The molecule has 1 aromatic rings. The molecule has 0 radical (unpaired) electrons. The molecule has 6 nitrogen and oxygen atoms in total. The average Bonchev–Trinajstić information content (AvgIpc) is 3.12. The zero-order chi connectivity index (χ0) is 18.6. The van der Waals surface area contributed by atoms with Crippen LogP contribution < -0.4 is 15.5 Å². The fourth-order valence-electron chi connectivity index (χ4n) is 2.93. The Morgan fingerprint density at radius 2 is 2.04 bits per heavy atom. The first-order valence-corrected chi connectivity index (χ1v) is 10.1. The van der Waals surface area contributed by atoms with Crippen molar-refractivity contribution < 1.29 is 9.47 Å². The lowest BCUT2D eigenvalue weighted by Crippen LogP contribution is -2.44. The van der Waals surface area contributed by atoms with Crippen molar-refractivity contribution >= 4 is 27.6 Å². The number of methoxy groups -OCH3 is 1. The number of ether oxygens (including phenoxy) is 2. The Labute approximate surface area is 165 Å². The molecule has 1 saturated heterocycles. The van der Waals surface area contributed by atoms with E-state index in [-0.39, 0.29) is 0 Å². The van der Waals surface area contributed by atoms with E-state index in [1.807, 2.05) is 7.05 Å². The highest BCUT2D eigenvalue weighted by atomic mass is 79.9. The summed E-state index contributed by atoms with van der Waals surface area (Å²) < 4.78 is 11.5. The van der Waals surface area contributed by atoms with Crippen LogP contribution in [0.1, 0.15) is 19.3 Å². The van der Waals surface area contributed by atoms with Gasteiger partial charge in [0.1, 0.15) is 0 Å². The lowest BCUT2D eigenvalue weighted by Gasteiger charge is -2.20. The molecule has 0 saturated carbocycles. The van der Waals surface area contributed by atoms with Gasteiger partial charge in [-0.15, -0.1) is 0 Å². The Morgan fingerprint density at radius 1 is 1.23 bits per heavy atom. The van der Waals surface area contributed by atoms with Gasteiger partial charge < -0.3 is 25.0 Å². The first-order chi connectivity index (χ1) is 12.7. The summed E-state index contributed by atoms with van der Waals surface area (Å²) >= 11 is 3.49. The van der Waals surface area contributed by atoms with E-state index in [0.717, 1.165) is 55.9 Å². The van der Waals surface area contributed by atoms with Gasteiger partial charge in [0.25, 0.3) is 0 Å². The third-order valence-corrected chi connectivity index (χ3v) is 4.91. The number of hydrogen-bond acceptors (Lipinski definition) is 4. The van der Waals surface area contributed by atoms with Crippen LogP contribution in [-0.2, 0) is 9.47 Å². The molecule has 0 amide bonds. The minimum Gasteiger partial charge on any atom is -0.382 e. The fraction of sp³-hybridized carbons (Fsp3) is 0.632. The van der Waals surface area contributed by atoms with Gasteiger partial charge >= 0.3 is 0 Å². The van der Waals surface area contributed by atoms with Gasteiger partial charge in [0.15, 0.2) is 5.96 Å². The Morgan fingerprint density at radius 3 is 2.77 bits per heavy atom. The molecule has 1 atom stereocenters. The number of guanidine groups is 1. The maximum Gasteiger partial charge on any atom is 0.191 e. The summed E-state index contributed by atoms with van der Waals surface area (Å²) in [4.78, 5) is 6.75. The number of halogens is 1. The minimum absolute atomic E-state index is 0.419. The van der Waals surface area contributed by atoms with Crippen molar-refractivity contribution in [2.45, 2.75) is 25.3 Å². The predicted octanol–water partition coefficient (Wildman–Crippen LogP) is 2.64. The molecular formula is C19H31BrN4O2. The van der Waals surface area contributed by atoms with E-state index in [4.69, 9.17) is 9.47 Å². The van der Waals surface area contributed by atoms with Crippen LogP contribution in [0.15, 0.2) is 33.7 Å². The molecule has 146 valence electrons. The maximum absolute atomic E-state index is 5.47. The molecule has 0 aliphatic carbocycles. The molecule has 1 unspecified atom stereocenters. The maximum atomic E-state index is 5.47. The van der Waals surface area contributed by atoms with Crippen molar-refractivity contribution in [3.8, 4) is 0 Å². The molecule has 26 heavy (non-hydrogen) atoms. The van der Waals surface area contributed by atoms with Crippen LogP contribution in [0.3, 0.4) is 0 Å². The van der Waals surface area contributed by atoms with E-state index in [1.165, 1.54) is 5.69 Å². The van der Waals surface area contributed by atoms with E-state index >= 15 is 0 Å². The van der Waals surface area contributed by atoms with E-state index in [9.17, 15) is 0 Å². The lowest BCUT2D eigenvalue weighted by molar-refractivity contribution is 0.0689.